The molecule has 0 aliphatic heterocycles. The van der Waals surface area contributed by atoms with Crippen molar-refractivity contribution in [3.05, 3.63) is 34.2 Å². The van der Waals surface area contributed by atoms with Crippen LogP contribution in [0.1, 0.15) is 23.7 Å². The number of hydrogen-bond acceptors (Lipinski definition) is 3. The molecule has 5 nitrogen and oxygen atoms in total. The number of aryl methyl sites for hydroxylation is 1. The summed E-state index contributed by atoms with van der Waals surface area (Å²) in [5, 5.41) is 17.8. The highest BCUT2D eigenvalue weighted by atomic mass is 16.4. The third-order valence-electron chi connectivity index (χ3n) is 2.01. The zero-order valence-corrected chi connectivity index (χ0v) is 8.38. The molecule has 0 spiro atoms. The third-order valence-corrected chi connectivity index (χ3v) is 2.01. The molecule has 15 heavy (non-hydrogen) atoms. The lowest BCUT2D eigenvalue weighted by molar-refractivity contribution is 0.0694. The van der Waals surface area contributed by atoms with Crippen molar-refractivity contribution >= 4 is 5.97 Å². The average molecular weight is 211 g/mol. The van der Waals surface area contributed by atoms with Gasteiger partial charge in [-0.2, -0.15) is 0 Å². The molecular weight excluding hydrogens is 198 g/mol. The van der Waals surface area contributed by atoms with Gasteiger partial charge in [-0.1, -0.05) is 0 Å². The minimum Gasteiger partial charge on any atom is -0.477 e. The molecule has 1 aromatic heterocycles. The molecule has 0 saturated heterocycles. The predicted molar refractivity (Wildman–Crippen MR) is 54.0 cm³/mol. The van der Waals surface area contributed by atoms with Crippen molar-refractivity contribution in [1.82, 2.24) is 4.57 Å². The number of rotatable bonds is 4. The number of carbonyl (C=O) groups is 1. The quantitative estimate of drug-likeness (QED) is 0.751. The van der Waals surface area contributed by atoms with Crippen molar-refractivity contribution in [1.29, 1.82) is 0 Å². The summed E-state index contributed by atoms with van der Waals surface area (Å²) in [5.41, 5.74) is -0.751. The van der Waals surface area contributed by atoms with E-state index in [1.165, 1.54) is 18.5 Å². The molecule has 1 unspecified atom stereocenters. The van der Waals surface area contributed by atoms with Gasteiger partial charge in [0.2, 0.25) is 0 Å². The Labute approximate surface area is 86.6 Å². The topological polar surface area (TPSA) is 79.5 Å². The maximum atomic E-state index is 11.1. The maximum absolute atomic E-state index is 11.1. The van der Waals surface area contributed by atoms with Gasteiger partial charge >= 0.3 is 5.97 Å². The first-order chi connectivity index (χ1) is 7.00. The predicted octanol–water partition coefficient (Wildman–Crippen LogP) is 0.317. The Hall–Kier alpha value is -1.62. The van der Waals surface area contributed by atoms with Crippen LogP contribution in [0, 0.1) is 0 Å². The fraction of sp³-hybridized carbons (Fsp3) is 0.400. The lowest BCUT2D eigenvalue weighted by Crippen LogP contribution is -2.17. The van der Waals surface area contributed by atoms with E-state index in [4.69, 9.17) is 10.2 Å². The molecule has 0 amide bonds. The van der Waals surface area contributed by atoms with Gasteiger partial charge in [-0.15, -0.1) is 0 Å². The van der Waals surface area contributed by atoms with Gasteiger partial charge in [0.1, 0.15) is 5.56 Å². The number of carboxylic acids is 1. The Morgan fingerprint density at radius 3 is 2.80 bits per heavy atom. The van der Waals surface area contributed by atoms with Crippen LogP contribution in [0.4, 0.5) is 0 Å². The van der Waals surface area contributed by atoms with Crippen LogP contribution in [0.25, 0.3) is 0 Å². The summed E-state index contributed by atoms with van der Waals surface area (Å²) in [6, 6.07) is 1.21. The molecule has 2 N–H and O–H groups in total. The summed E-state index contributed by atoms with van der Waals surface area (Å²) < 4.78 is 1.58. The molecule has 0 aliphatic carbocycles. The first-order valence-corrected chi connectivity index (χ1v) is 4.62. The molecule has 82 valence electrons. The Kier molecular flexibility index (Phi) is 3.62. The van der Waals surface area contributed by atoms with Crippen molar-refractivity contribution in [2.45, 2.75) is 26.0 Å². The van der Waals surface area contributed by atoms with E-state index in [-0.39, 0.29) is 5.56 Å². The van der Waals surface area contributed by atoms with E-state index in [9.17, 15) is 9.59 Å². The molecule has 1 heterocycles. The van der Waals surface area contributed by atoms with Gasteiger partial charge in [-0.3, -0.25) is 4.79 Å². The Balaban J connectivity index is 2.88. The van der Waals surface area contributed by atoms with Gasteiger partial charge in [0.15, 0.2) is 5.43 Å². The number of carboxylic acid groups (broad SMARTS) is 1. The second-order valence-corrected chi connectivity index (χ2v) is 3.40. The molecular formula is C10H13NO4. The van der Waals surface area contributed by atoms with Crippen molar-refractivity contribution in [3.63, 3.8) is 0 Å². The minimum atomic E-state index is -1.23. The van der Waals surface area contributed by atoms with E-state index in [0.717, 1.165) is 0 Å². The second kappa shape index (κ2) is 4.75. The van der Waals surface area contributed by atoms with Gasteiger partial charge < -0.3 is 14.8 Å². The molecule has 0 fully saturated rings. The van der Waals surface area contributed by atoms with E-state index in [2.05, 4.69) is 0 Å². The molecule has 1 atom stereocenters. The lowest BCUT2D eigenvalue weighted by atomic mass is 10.2. The van der Waals surface area contributed by atoms with Crippen molar-refractivity contribution < 1.29 is 15.0 Å². The van der Waals surface area contributed by atoms with Crippen LogP contribution < -0.4 is 5.43 Å². The molecule has 5 heteroatoms. The summed E-state index contributed by atoms with van der Waals surface area (Å²) in [5.74, 6) is -1.23. The summed E-state index contributed by atoms with van der Waals surface area (Å²) in [6.45, 7) is 2.14. The fourth-order valence-corrected chi connectivity index (χ4v) is 1.16. The normalized spacial score (nSPS) is 12.4. The van der Waals surface area contributed by atoms with E-state index < -0.39 is 17.5 Å². The zero-order chi connectivity index (χ0) is 11.4. The number of aromatic carboxylic acids is 1. The Bertz CT molecular complexity index is 408. The van der Waals surface area contributed by atoms with Crippen LogP contribution in [-0.2, 0) is 6.54 Å². The van der Waals surface area contributed by atoms with E-state index >= 15 is 0 Å². The average Bonchev–Trinajstić information content (AvgIpc) is 2.16. The Morgan fingerprint density at radius 2 is 2.27 bits per heavy atom. The monoisotopic (exact) mass is 211 g/mol. The van der Waals surface area contributed by atoms with Crippen LogP contribution in [-0.4, -0.2) is 26.9 Å². The summed E-state index contributed by atoms with van der Waals surface area (Å²) >= 11 is 0. The molecule has 1 aromatic rings. The highest BCUT2D eigenvalue weighted by Crippen LogP contribution is 1.98. The third kappa shape index (κ3) is 3.21. The number of aliphatic hydroxyl groups is 1. The van der Waals surface area contributed by atoms with Crippen LogP contribution in [0.2, 0.25) is 0 Å². The maximum Gasteiger partial charge on any atom is 0.341 e. The highest BCUT2D eigenvalue weighted by Gasteiger charge is 2.08. The standard InChI is InChI=1S/C10H13NO4/c1-7(12)2-4-11-5-3-9(13)8(6-11)10(14)15/h3,5-7,12H,2,4H2,1H3,(H,14,15). The molecule has 0 radical (unpaired) electrons. The molecule has 1 rings (SSSR count). The van der Waals surface area contributed by atoms with Crippen LogP contribution in [0.15, 0.2) is 23.3 Å². The fourth-order valence-electron chi connectivity index (χ4n) is 1.16. The first kappa shape index (κ1) is 11.5. The van der Waals surface area contributed by atoms with Crippen molar-refractivity contribution in [3.8, 4) is 0 Å². The van der Waals surface area contributed by atoms with Gasteiger partial charge in [0.05, 0.1) is 6.10 Å². The zero-order valence-electron chi connectivity index (χ0n) is 8.38. The first-order valence-electron chi connectivity index (χ1n) is 4.62. The SMILES string of the molecule is CC(O)CCn1ccc(=O)c(C(=O)O)c1. The van der Waals surface area contributed by atoms with Gasteiger partial charge in [-0.05, 0) is 13.3 Å². The Morgan fingerprint density at radius 1 is 1.60 bits per heavy atom. The van der Waals surface area contributed by atoms with Crippen LogP contribution >= 0.6 is 0 Å². The van der Waals surface area contributed by atoms with E-state index in [1.54, 1.807) is 11.5 Å². The van der Waals surface area contributed by atoms with E-state index in [0.29, 0.717) is 13.0 Å². The highest BCUT2D eigenvalue weighted by molar-refractivity contribution is 5.86. The van der Waals surface area contributed by atoms with Crippen molar-refractivity contribution in [2.75, 3.05) is 0 Å². The number of hydrogen-bond donors (Lipinski definition) is 2. The largest absolute Gasteiger partial charge is 0.477 e. The van der Waals surface area contributed by atoms with Gasteiger partial charge in [0.25, 0.3) is 0 Å². The smallest absolute Gasteiger partial charge is 0.341 e. The number of nitrogens with zero attached hydrogens (tertiary/aromatic N) is 1. The summed E-state index contributed by atoms with van der Waals surface area (Å²) in [4.78, 5) is 21.8. The lowest BCUT2D eigenvalue weighted by Gasteiger charge is -2.08. The molecule has 0 saturated carbocycles. The van der Waals surface area contributed by atoms with Gasteiger partial charge in [-0.25, -0.2) is 4.79 Å². The van der Waals surface area contributed by atoms with E-state index in [1.807, 2.05) is 0 Å². The summed E-state index contributed by atoms with van der Waals surface area (Å²) in [7, 11) is 0. The molecule has 0 bridgehead atoms. The number of aliphatic hydroxyl groups excluding tert-OH is 1. The van der Waals surface area contributed by atoms with Crippen LogP contribution in [0.3, 0.4) is 0 Å². The van der Waals surface area contributed by atoms with Gasteiger partial charge in [0, 0.05) is 25.0 Å². The number of pyridine rings is 1. The minimum absolute atomic E-state index is 0.247. The van der Waals surface area contributed by atoms with Crippen molar-refractivity contribution in [2.24, 2.45) is 0 Å². The molecule has 0 aliphatic rings. The number of aromatic nitrogens is 1. The second-order valence-electron chi connectivity index (χ2n) is 3.40. The molecule has 0 aromatic carbocycles. The summed E-state index contributed by atoms with van der Waals surface area (Å²) in [6.07, 6.45) is 2.87. The van der Waals surface area contributed by atoms with Crippen LogP contribution in [0.5, 0.6) is 0 Å².